The first-order valence-electron chi connectivity index (χ1n) is 10.6. The Kier molecular flexibility index (Phi) is 6.54. The van der Waals surface area contributed by atoms with Crippen LogP contribution in [0, 0.1) is 0 Å². The monoisotopic (exact) mass is 404 g/mol. The van der Waals surface area contributed by atoms with E-state index in [9.17, 15) is 4.79 Å². The Morgan fingerprint density at radius 1 is 1.10 bits per heavy atom. The second-order valence-electron chi connectivity index (χ2n) is 7.73. The van der Waals surface area contributed by atoms with Crippen LogP contribution >= 0.6 is 0 Å². The Hall–Kier alpha value is -2.99. The van der Waals surface area contributed by atoms with Crippen LogP contribution in [0.3, 0.4) is 0 Å². The average molecular weight is 405 g/mol. The van der Waals surface area contributed by atoms with Gasteiger partial charge in [-0.05, 0) is 55.7 Å². The molecule has 156 valence electrons. The largest absolute Gasteiger partial charge is 0.385 e. The van der Waals surface area contributed by atoms with Crippen LogP contribution in [-0.2, 0) is 11.3 Å². The van der Waals surface area contributed by atoms with Gasteiger partial charge in [-0.25, -0.2) is 10.4 Å². The molecule has 0 unspecified atom stereocenters. The van der Waals surface area contributed by atoms with Crippen molar-refractivity contribution in [3.8, 4) is 0 Å². The van der Waals surface area contributed by atoms with Crippen LogP contribution < -0.4 is 11.0 Å². The molecule has 4 rings (SSSR count). The van der Waals surface area contributed by atoms with Gasteiger partial charge in [0.15, 0.2) is 0 Å². The summed E-state index contributed by atoms with van der Waals surface area (Å²) in [5.74, 6) is 1.09. The molecule has 30 heavy (non-hydrogen) atoms. The van der Waals surface area contributed by atoms with Crippen molar-refractivity contribution in [2.24, 2.45) is 5.10 Å². The third-order valence-electron chi connectivity index (χ3n) is 5.74. The van der Waals surface area contributed by atoms with Gasteiger partial charge in [0.05, 0.1) is 10.9 Å². The maximum atomic E-state index is 13.0. The third-order valence-corrected chi connectivity index (χ3v) is 5.74. The Morgan fingerprint density at radius 2 is 1.83 bits per heavy atom. The molecule has 1 aromatic heterocycles. The lowest BCUT2D eigenvalue weighted by Gasteiger charge is -2.23. The number of hydrogen-bond donors (Lipinski definition) is 1. The molecule has 1 aliphatic rings. The highest BCUT2D eigenvalue weighted by molar-refractivity contribution is 5.86. The van der Waals surface area contributed by atoms with Crippen molar-refractivity contribution in [2.45, 2.75) is 44.6 Å². The molecular formula is C24H28N4O2. The summed E-state index contributed by atoms with van der Waals surface area (Å²) in [6, 6.07) is 18.1. The number of para-hydroxylation sites is 1. The summed E-state index contributed by atoms with van der Waals surface area (Å²) in [6.07, 6.45) is 4.83. The smallest absolute Gasteiger partial charge is 0.262 e. The van der Waals surface area contributed by atoms with E-state index in [4.69, 9.17) is 4.74 Å². The number of hydrazone groups is 1. The molecule has 1 saturated carbocycles. The van der Waals surface area contributed by atoms with Crippen LogP contribution in [-0.4, -0.2) is 29.0 Å². The number of benzene rings is 2. The fraction of sp³-hybridized carbons (Fsp3) is 0.375. The minimum absolute atomic E-state index is 0.0489. The van der Waals surface area contributed by atoms with Gasteiger partial charge in [-0.15, -0.1) is 0 Å². The number of nitrogens with one attached hydrogen (secondary N) is 1. The third kappa shape index (κ3) is 4.60. The molecule has 0 bridgehead atoms. The van der Waals surface area contributed by atoms with E-state index >= 15 is 0 Å². The van der Waals surface area contributed by atoms with Crippen LogP contribution in [0.25, 0.3) is 10.9 Å². The molecule has 6 heteroatoms. The highest BCUT2D eigenvalue weighted by Crippen LogP contribution is 2.31. The molecule has 0 spiro atoms. The predicted molar refractivity (Wildman–Crippen MR) is 121 cm³/mol. The lowest BCUT2D eigenvalue weighted by atomic mass is 9.83. The summed E-state index contributed by atoms with van der Waals surface area (Å²) in [6.45, 7) is 1.13. The van der Waals surface area contributed by atoms with E-state index in [0.717, 1.165) is 37.8 Å². The number of methoxy groups -OCH3 is 1. The van der Waals surface area contributed by atoms with Crippen LogP contribution in [0.4, 0.5) is 5.95 Å². The number of rotatable bonds is 7. The SMILES string of the molecule is COCCCn1c(NN=C2CCC(c3ccccc3)CC2)nc2ccccc2c1=O. The van der Waals surface area contributed by atoms with Gasteiger partial charge in [-0.2, -0.15) is 5.10 Å². The fourth-order valence-electron chi connectivity index (χ4n) is 4.08. The quantitative estimate of drug-likeness (QED) is 0.463. The fourth-order valence-corrected chi connectivity index (χ4v) is 4.08. The topological polar surface area (TPSA) is 68.5 Å². The van der Waals surface area contributed by atoms with E-state index in [-0.39, 0.29) is 5.56 Å². The molecule has 1 heterocycles. The van der Waals surface area contributed by atoms with Gasteiger partial charge in [-0.1, -0.05) is 42.5 Å². The number of ether oxygens (including phenoxy) is 1. The summed E-state index contributed by atoms with van der Waals surface area (Å²) < 4.78 is 6.82. The van der Waals surface area contributed by atoms with Gasteiger partial charge in [0.25, 0.3) is 5.56 Å². The highest BCUT2D eigenvalue weighted by Gasteiger charge is 2.19. The predicted octanol–water partition coefficient (Wildman–Crippen LogP) is 4.56. The Morgan fingerprint density at radius 3 is 2.60 bits per heavy atom. The molecule has 1 N–H and O–H groups in total. The lowest BCUT2D eigenvalue weighted by molar-refractivity contribution is 0.190. The maximum Gasteiger partial charge on any atom is 0.262 e. The molecule has 0 amide bonds. The first-order valence-corrected chi connectivity index (χ1v) is 10.6. The first kappa shape index (κ1) is 20.3. The van der Waals surface area contributed by atoms with Crippen LogP contribution in [0.1, 0.15) is 43.6 Å². The molecular weight excluding hydrogens is 376 g/mol. The minimum Gasteiger partial charge on any atom is -0.385 e. The number of aromatic nitrogens is 2. The summed E-state index contributed by atoms with van der Waals surface area (Å²) in [7, 11) is 1.67. The second kappa shape index (κ2) is 9.67. The summed E-state index contributed by atoms with van der Waals surface area (Å²) in [4.78, 5) is 17.7. The van der Waals surface area contributed by atoms with Gasteiger partial charge in [0.1, 0.15) is 0 Å². The molecule has 3 aromatic rings. The van der Waals surface area contributed by atoms with E-state index in [1.807, 2.05) is 24.3 Å². The van der Waals surface area contributed by atoms with Crippen molar-refractivity contribution in [3.05, 3.63) is 70.5 Å². The zero-order chi connectivity index (χ0) is 20.8. The zero-order valence-corrected chi connectivity index (χ0v) is 17.4. The molecule has 0 atom stereocenters. The van der Waals surface area contributed by atoms with Gasteiger partial charge in [0.2, 0.25) is 5.95 Å². The van der Waals surface area contributed by atoms with E-state index in [0.29, 0.717) is 35.9 Å². The highest BCUT2D eigenvalue weighted by atomic mass is 16.5. The number of anilines is 1. The standard InChI is InChI=1S/C24H28N4O2/c1-30-17-7-16-28-23(29)21-10-5-6-11-22(21)25-24(28)27-26-20-14-12-19(13-15-20)18-8-3-2-4-9-18/h2-6,8-11,19H,7,12-17H2,1H3,(H,25,27). The van der Waals surface area contributed by atoms with Crippen LogP contribution in [0.15, 0.2) is 64.5 Å². The summed E-state index contributed by atoms with van der Waals surface area (Å²) >= 11 is 0. The van der Waals surface area contributed by atoms with Gasteiger partial charge < -0.3 is 4.74 Å². The molecule has 1 aliphatic carbocycles. The molecule has 0 saturated heterocycles. The van der Waals surface area contributed by atoms with Crippen molar-refractivity contribution in [1.29, 1.82) is 0 Å². The lowest BCUT2D eigenvalue weighted by Crippen LogP contribution is -2.25. The van der Waals surface area contributed by atoms with Gasteiger partial charge in [0, 0.05) is 26.0 Å². The summed E-state index contributed by atoms with van der Waals surface area (Å²) in [5, 5.41) is 5.25. The Labute approximate surface area is 176 Å². The van der Waals surface area contributed by atoms with Crippen molar-refractivity contribution in [3.63, 3.8) is 0 Å². The normalized spacial score (nSPS) is 16.6. The molecule has 6 nitrogen and oxygen atoms in total. The maximum absolute atomic E-state index is 13.0. The van der Waals surface area contributed by atoms with E-state index < -0.39 is 0 Å². The molecule has 0 aliphatic heterocycles. The van der Waals surface area contributed by atoms with Crippen LogP contribution in [0.5, 0.6) is 0 Å². The van der Waals surface area contributed by atoms with E-state index in [1.165, 1.54) is 5.56 Å². The number of nitrogens with zero attached hydrogens (tertiary/aromatic N) is 3. The molecule has 1 fully saturated rings. The molecule has 0 radical (unpaired) electrons. The van der Waals surface area contributed by atoms with E-state index in [2.05, 4.69) is 45.8 Å². The number of hydrogen-bond acceptors (Lipinski definition) is 5. The first-order chi connectivity index (χ1) is 14.8. The average Bonchev–Trinajstić information content (AvgIpc) is 2.80. The second-order valence-corrected chi connectivity index (χ2v) is 7.73. The Balaban J connectivity index is 1.51. The van der Waals surface area contributed by atoms with Crippen molar-refractivity contribution in [1.82, 2.24) is 9.55 Å². The van der Waals surface area contributed by atoms with Gasteiger partial charge >= 0.3 is 0 Å². The Bertz CT molecular complexity index is 1070. The van der Waals surface area contributed by atoms with E-state index in [1.54, 1.807) is 11.7 Å². The van der Waals surface area contributed by atoms with Crippen molar-refractivity contribution < 1.29 is 4.74 Å². The molecule has 2 aromatic carbocycles. The minimum atomic E-state index is -0.0489. The zero-order valence-electron chi connectivity index (χ0n) is 17.4. The van der Waals surface area contributed by atoms with Crippen LogP contribution in [0.2, 0.25) is 0 Å². The van der Waals surface area contributed by atoms with Crippen molar-refractivity contribution >= 4 is 22.6 Å². The summed E-state index contributed by atoms with van der Waals surface area (Å²) in [5.41, 5.74) is 6.27. The number of fused-ring (bicyclic) bond motifs is 1. The van der Waals surface area contributed by atoms with Gasteiger partial charge in [-0.3, -0.25) is 9.36 Å². The van der Waals surface area contributed by atoms with Crippen molar-refractivity contribution in [2.75, 3.05) is 19.1 Å².